The first-order valence-corrected chi connectivity index (χ1v) is 6.84. The van der Waals surface area contributed by atoms with Gasteiger partial charge in [-0.3, -0.25) is 0 Å². The minimum Gasteiger partial charge on any atom is -0.491 e. The van der Waals surface area contributed by atoms with Crippen molar-refractivity contribution in [3.63, 3.8) is 0 Å². The van der Waals surface area contributed by atoms with E-state index in [-0.39, 0.29) is 6.10 Å². The highest BCUT2D eigenvalue weighted by molar-refractivity contribution is 5.47. The van der Waals surface area contributed by atoms with Crippen molar-refractivity contribution in [2.75, 3.05) is 0 Å². The molecule has 20 heavy (non-hydrogen) atoms. The molecular weight excluding hydrogens is 246 g/mol. The summed E-state index contributed by atoms with van der Waals surface area (Å²) in [5, 5.41) is 0. The van der Waals surface area contributed by atoms with Crippen LogP contribution in [0.2, 0.25) is 0 Å². The molecule has 0 aliphatic carbocycles. The molecule has 0 saturated heterocycles. The highest BCUT2D eigenvalue weighted by atomic mass is 16.5. The van der Waals surface area contributed by atoms with Crippen LogP contribution >= 0.6 is 0 Å². The average molecular weight is 265 g/mol. The summed E-state index contributed by atoms with van der Waals surface area (Å²) in [6.07, 6.45) is 0.194. The second-order valence-electron chi connectivity index (χ2n) is 5.16. The standard InChI is InChI=1S/C18H19NO/c1-13(2)20-18-11-7-16(8-12-18)14(3)15-5-9-17(19-4)10-6-15/h5-14H,1-3H3. The van der Waals surface area contributed by atoms with Crippen molar-refractivity contribution in [2.24, 2.45) is 0 Å². The Morgan fingerprint density at radius 1 is 0.850 bits per heavy atom. The van der Waals surface area contributed by atoms with E-state index >= 15 is 0 Å². The van der Waals surface area contributed by atoms with Gasteiger partial charge in [0.25, 0.3) is 0 Å². The molecule has 1 atom stereocenters. The largest absolute Gasteiger partial charge is 0.491 e. The third-order valence-corrected chi connectivity index (χ3v) is 3.27. The van der Waals surface area contributed by atoms with Crippen LogP contribution in [0.25, 0.3) is 4.85 Å². The van der Waals surface area contributed by atoms with E-state index in [0.29, 0.717) is 11.6 Å². The number of nitrogens with zero attached hydrogens (tertiary/aromatic N) is 1. The topological polar surface area (TPSA) is 13.6 Å². The molecule has 0 spiro atoms. The lowest BCUT2D eigenvalue weighted by atomic mass is 9.93. The number of rotatable bonds is 4. The van der Waals surface area contributed by atoms with Crippen LogP contribution < -0.4 is 4.74 Å². The van der Waals surface area contributed by atoms with Gasteiger partial charge in [-0.05, 0) is 37.1 Å². The minimum atomic E-state index is 0.194. The quantitative estimate of drug-likeness (QED) is 0.695. The summed E-state index contributed by atoms with van der Waals surface area (Å²) in [6, 6.07) is 16.0. The molecule has 0 aliphatic rings. The Bertz CT molecular complexity index is 591. The fourth-order valence-electron chi connectivity index (χ4n) is 2.14. The van der Waals surface area contributed by atoms with Gasteiger partial charge in [-0.15, -0.1) is 0 Å². The van der Waals surface area contributed by atoms with Crippen LogP contribution in [-0.2, 0) is 0 Å². The van der Waals surface area contributed by atoms with E-state index in [9.17, 15) is 0 Å². The highest BCUT2D eigenvalue weighted by Gasteiger charge is 2.08. The third kappa shape index (κ3) is 3.39. The van der Waals surface area contributed by atoms with Gasteiger partial charge in [-0.2, -0.15) is 0 Å². The van der Waals surface area contributed by atoms with Crippen molar-refractivity contribution in [3.8, 4) is 5.75 Å². The SMILES string of the molecule is [C-]#[N+]c1ccc(C(C)c2ccc(OC(C)C)cc2)cc1. The maximum atomic E-state index is 6.98. The summed E-state index contributed by atoms with van der Waals surface area (Å²) in [4.78, 5) is 3.42. The van der Waals surface area contributed by atoms with Crippen LogP contribution in [0.1, 0.15) is 37.8 Å². The zero-order chi connectivity index (χ0) is 14.5. The van der Waals surface area contributed by atoms with Gasteiger partial charge in [0.2, 0.25) is 0 Å². The lowest BCUT2D eigenvalue weighted by Gasteiger charge is -2.14. The van der Waals surface area contributed by atoms with Crippen molar-refractivity contribution < 1.29 is 4.74 Å². The van der Waals surface area contributed by atoms with Gasteiger partial charge < -0.3 is 4.74 Å². The molecule has 0 bridgehead atoms. The van der Waals surface area contributed by atoms with Crippen molar-refractivity contribution >= 4 is 5.69 Å². The molecule has 0 fully saturated rings. The second-order valence-corrected chi connectivity index (χ2v) is 5.16. The third-order valence-electron chi connectivity index (χ3n) is 3.27. The molecule has 2 nitrogen and oxygen atoms in total. The molecule has 0 saturated carbocycles. The Labute approximate surface area is 120 Å². The number of hydrogen-bond donors (Lipinski definition) is 0. The normalized spacial score (nSPS) is 11.9. The summed E-state index contributed by atoms with van der Waals surface area (Å²) >= 11 is 0. The molecule has 0 aromatic heterocycles. The molecule has 0 heterocycles. The Balaban J connectivity index is 2.15. The molecule has 2 rings (SSSR count). The summed E-state index contributed by atoms with van der Waals surface area (Å²) in [5.74, 6) is 1.21. The van der Waals surface area contributed by atoms with E-state index in [0.717, 1.165) is 5.75 Å². The van der Waals surface area contributed by atoms with E-state index in [2.05, 4.69) is 23.9 Å². The van der Waals surface area contributed by atoms with Gasteiger partial charge in [0.1, 0.15) is 5.75 Å². The summed E-state index contributed by atoms with van der Waals surface area (Å²) < 4.78 is 5.65. The molecule has 0 N–H and O–H groups in total. The molecule has 2 aromatic rings. The van der Waals surface area contributed by atoms with Crippen molar-refractivity contribution in [2.45, 2.75) is 32.8 Å². The van der Waals surface area contributed by atoms with E-state index in [1.54, 1.807) is 0 Å². The lowest BCUT2D eigenvalue weighted by Crippen LogP contribution is -2.05. The van der Waals surface area contributed by atoms with E-state index in [1.165, 1.54) is 11.1 Å². The Kier molecular flexibility index (Phi) is 4.42. The molecule has 0 amide bonds. The molecule has 102 valence electrons. The number of benzene rings is 2. The Morgan fingerprint density at radius 3 is 1.80 bits per heavy atom. The van der Waals surface area contributed by atoms with E-state index in [1.807, 2.05) is 50.2 Å². The van der Waals surface area contributed by atoms with Gasteiger partial charge in [-0.25, -0.2) is 4.85 Å². The van der Waals surface area contributed by atoms with Crippen LogP contribution in [0.15, 0.2) is 48.5 Å². The monoisotopic (exact) mass is 265 g/mol. The lowest BCUT2D eigenvalue weighted by molar-refractivity contribution is 0.242. The molecule has 2 aromatic carbocycles. The van der Waals surface area contributed by atoms with Crippen LogP contribution in [0.3, 0.4) is 0 Å². The summed E-state index contributed by atoms with van der Waals surface area (Å²) in [6.45, 7) is 13.2. The smallest absolute Gasteiger partial charge is 0.187 e. The van der Waals surface area contributed by atoms with E-state index < -0.39 is 0 Å². The summed E-state index contributed by atoms with van der Waals surface area (Å²) in [5.41, 5.74) is 3.15. The molecular formula is C18H19NO. The predicted octanol–water partition coefficient (Wildman–Crippen LogP) is 5.18. The maximum absolute atomic E-state index is 6.98. The molecule has 1 unspecified atom stereocenters. The van der Waals surface area contributed by atoms with Gasteiger partial charge >= 0.3 is 0 Å². The van der Waals surface area contributed by atoms with Crippen LogP contribution in [0, 0.1) is 6.57 Å². The first kappa shape index (κ1) is 14.1. The van der Waals surface area contributed by atoms with Gasteiger partial charge in [0, 0.05) is 5.92 Å². The van der Waals surface area contributed by atoms with Crippen LogP contribution in [0.4, 0.5) is 5.69 Å². The van der Waals surface area contributed by atoms with Gasteiger partial charge in [-0.1, -0.05) is 43.3 Å². The van der Waals surface area contributed by atoms with Crippen LogP contribution in [0.5, 0.6) is 5.75 Å². The van der Waals surface area contributed by atoms with Crippen molar-refractivity contribution in [3.05, 3.63) is 71.1 Å². The van der Waals surface area contributed by atoms with Crippen molar-refractivity contribution in [1.29, 1.82) is 0 Å². The van der Waals surface area contributed by atoms with Crippen LogP contribution in [-0.4, -0.2) is 6.10 Å². The summed E-state index contributed by atoms with van der Waals surface area (Å²) in [7, 11) is 0. The zero-order valence-electron chi connectivity index (χ0n) is 12.1. The molecule has 0 aliphatic heterocycles. The first-order chi connectivity index (χ1) is 9.60. The van der Waals surface area contributed by atoms with Gasteiger partial charge in [0.05, 0.1) is 12.7 Å². The highest BCUT2D eigenvalue weighted by Crippen LogP contribution is 2.27. The first-order valence-electron chi connectivity index (χ1n) is 6.84. The second kappa shape index (κ2) is 6.25. The van der Waals surface area contributed by atoms with Crippen molar-refractivity contribution in [1.82, 2.24) is 0 Å². The average Bonchev–Trinajstić information content (AvgIpc) is 2.47. The number of ether oxygens (including phenoxy) is 1. The van der Waals surface area contributed by atoms with E-state index in [4.69, 9.17) is 11.3 Å². The fraction of sp³-hybridized carbons (Fsp3) is 0.278. The Morgan fingerprint density at radius 2 is 1.35 bits per heavy atom. The molecule has 2 heteroatoms. The molecule has 0 radical (unpaired) electrons. The maximum Gasteiger partial charge on any atom is 0.187 e. The number of hydrogen-bond acceptors (Lipinski definition) is 1. The Hall–Kier alpha value is -2.27. The minimum absolute atomic E-state index is 0.194. The fourth-order valence-corrected chi connectivity index (χ4v) is 2.14. The predicted molar refractivity (Wildman–Crippen MR) is 82.4 cm³/mol. The van der Waals surface area contributed by atoms with Gasteiger partial charge in [0.15, 0.2) is 5.69 Å². The zero-order valence-corrected chi connectivity index (χ0v) is 12.1.